The summed E-state index contributed by atoms with van der Waals surface area (Å²) in [5.74, 6) is 1.92. The van der Waals surface area contributed by atoms with E-state index < -0.39 is 6.10 Å². The average Bonchev–Trinajstić information content (AvgIpc) is 2.68. The van der Waals surface area contributed by atoms with Crippen LogP contribution in [0.4, 0.5) is 0 Å². The molecule has 1 unspecified atom stereocenters. The minimum atomic E-state index is -0.582. The van der Waals surface area contributed by atoms with Crippen molar-refractivity contribution >= 4 is 17.5 Å². The Hall–Kier alpha value is -2.40. The summed E-state index contributed by atoms with van der Waals surface area (Å²) < 4.78 is 16.3. The van der Waals surface area contributed by atoms with Crippen LogP contribution in [0.25, 0.3) is 0 Å². The van der Waals surface area contributed by atoms with Gasteiger partial charge in [0.25, 0.3) is 5.91 Å². The Morgan fingerprint density at radius 1 is 1.07 bits per heavy atom. The molecule has 1 N–H and O–H groups in total. The summed E-state index contributed by atoms with van der Waals surface area (Å²) in [5, 5.41) is 3.64. The molecule has 0 spiro atoms. The van der Waals surface area contributed by atoms with Crippen LogP contribution in [0.2, 0.25) is 5.02 Å². The van der Waals surface area contributed by atoms with E-state index in [1.54, 1.807) is 21.1 Å². The fourth-order valence-corrected chi connectivity index (χ4v) is 3.02. The third-order valence-electron chi connectivity index (χ3n) is 4.48. The first-order valence-corrected chi connectivity index (χ1v) is 9.65. The number of amides is 1. The maximum atomic E-state index is 12.3. The minimum absolute atomic E-state index is 0.141. The van der Waals surface area contributed by atoms with Crippen LogP contribution in [-0.2, 0) is 11.2 Å². The number of halogens is 1. The van der Waals surface area contributed by atoms with E-state index in [4.69, 9.17) is 25.8 Å². The van der Waals surface area contributed by atoms with E-state index in [1.807, 2.05) is 44.2 Å². The van der Waals surface area contributed by atoms with E-state index in [9.17, 15) is 4.79 Å². The number of carbonyl (C=O) groups excluding carboxylic acids is 1. The average molecular weight is 406 g/mol. The van der Waals surface area contributed by atoms with Gasteiger partial charge in [-0.25, -0.2) is 0 Å². The molecule has 0 aromatic heterocycles. The molecular weight excluding hydrogens is 378 g/mol. The first-order chi connectivity index (χ1) is 13.3. The van der Waals surface area contributed by atoms with Gasteiger partial charge in [-0.3, -0.25) is 4.79 Å². The molecule has 152 valence electrons. The van der Waals surface area contributed by atoms with Gasteiger partial charge >= 0.3 is 0 Å². The van der Waals surface area contributed by atoms with Crippen LogP contribution in [0.15, 0.2) is 30.3 Å². The number of benzene rings is 2. The van der Waals surface area contributed by atoms with Crippen LogP contribution < -0.4 is 19.5 Å². The quantitative estimate of drug-likeness (QED) is 0.624. The molecule has 0 aliphatic rings. The summed E-state index contributed by atoms with van der Waals surface area (Å²) in [5.41, 5.74) is 2.99. The number of methoxy groups -OCH3 is 2. The lowest BCUT2D eigenvalue weighted by Gasteiger charge is -2.16. The zero-order valence-electron chi connectivity index (χ0n) is 17.1. The second kappa shape index (κ2) is 10.2. The highest BCUT2D eigenvalue weighted by Gasteiger charge is 2.15. The van der Waals surface area contributed by atoms with Crippen LogP contribution in [0.3, 0.4) is 0 Å². The number of hydrogen-bond donors (Lipinski definition) is 1. The summed E-state index contributed by atoms with van der Waals surface area (Å²) >= 11 is 6.17. The molecule has 2 aromatic rings. The topological polar surface area (TPSA) is 56.8 Å². The second-order valence-corrected chi connectivity index (χ2v) is 7.09. The third-order valence-corrected chi connectivity index (χ3v) is 5.08. The van der Waals surface area contributed by atoms with Gasteiger partial charge in [0.2, 0.25) is 0 Å². The van der Waals surface area contributed by atoms with Crippen LogP contribution in [0, 0.1) is 13.8 Å². The minimum Gasteiger partial charge on any atom is -0.493 e. The third kappa shape index (κ3) is 5.80. The summed E-state index contributed by atoms with van der Waals surface area (Å²) in [6, 6.07) is 9.53. The monoisotopic (exact) mass is 405 g/mol. The maximum Gasteiger partial charge on any atom is 0.260 e. The zero-order chi connectivity index (χ0) is 20.7. The molecule has 0 aliphatic heterocycles. The molecule has 0 heterocycles. The Morgan fingerprint density at radius 2 is 1.71 bits per heavy atom. The van der Waals surface area contributed by atoms with Crippen molar-refractivity contribution in [1.82, 2.24) is 5.32 Å². The number of aryl methyl sites for hydroxylation is 3. The number of nitrogens with one attached hydrogen (secondary N) is 1. The van der Waals surface area contributed by atoms with Gasteiger partial charge in [0.1, 0.15) is 5.75 Å². The Kier molecular flexibility index (Phi) is 8.00. The maximum absolute atomic E-state index is 12.3. The Bertz CT molecular complexity index is 799. The molecule has 1 amide bonds. The van der Waals surface area contributed by atoms with E-state index in [1.165, 1.54) is 0 Å². The SMILES string of the molecule is COc1ccc(CCCNC(=O)C(C)Oc2cc(C)c(Cl)c(C)c2)cc1OC. The molecule has 2 aromatic carbocycles. The molecule has 2 rings (SSSR count). The van der Waals surface area contributed by atoms with Crippen molar-refractivity contribution in [2.45, 2.75) is 39.7 Å². The lowest BCUT2D eigenvalue weighted by atomic mass is 10.1. The van der Waals surface area contributed by atoms with Crippen LogP contribution >= 0.6 is 11.6 Å². The van der Waals surface area contributed by atoms with Gasteiger partial charge in [-0.05, 0) is 74.6 Å². The van der Waals surface area contributed by atoms with E-state index in [0.29, 0.717) is 23.8 Å². The van der Waals surface area contributed by atoms with Gasteiger partial charge < -0.3 is 19.5 Å². The smallest absolute Gasteiger partial charge is 0.260 e. The van der Waals surface area contributed by atoms with E-state index in [2.05, 4.69) is 5.32 Å². The lowest BCUT2D eigenvalue weighted by Crippen LogP contribution is -2.37. The highest BCUT2D eigenvalue weighted by Crippen LogP contribution is 2.28. The molecule has 0 radical (unpaired) electrons. The molecule has 1 atom stereocenters. The Morgan fingerprint density at radius 3 is 2.32 bits per heavy atom. The van der Waals surface area contributed by atoms with E-state index in [0.717, 1.165) is 34.6 Å². The predicted octanol–water partition coefficient (Wildman–Crippen LogP) is 4.49. The van der Waals surface area contributed by atoms with Crippen molar-refractivity contribution < 1.29 is 19.0 Å². The van der Waals surface area contributed by atoms with Crippen LogP contribution in [-0.4, -0.2) is 32.8 Å². The molecule has 0 saturated heterocycles. The molecule has 5 nitrogen and oxygen atoms in total. The zero-order valence-corrected chi connectivity index (χ0v) is 17.9. The fraction of sp³-hybridized carbons (Fsp3) is 0.409. The first kappa shape index (κ1) is 21.9. The molecule has 0 aliphatic carbocycles. The number of carbonyl (C=O) groups is 1. The van der Waals surface area contributed by atoms with Crippen molar-refractivity contribution in [2.24, 2.45) is 0 Å². The lowest BCUT2D eigenvalue weighted by molar-refractivity contribution is -0.127. The van der Waals surface area contributed by atoms with Gasteiger partial charge in [0.05, 0.1) is 14.2 Å². The van der Waals surface area contributed by atoms with Crippen LogP contribution in [0.1, 0.15) is 30.0 Å². The molecular formula is C22H28ClNO4. The molecule has 0 bridgehead atoms. The van der Waals surface area contributed by atoms with E-state index in [-0.39, 0.29) is 5.91 Å². The molecule has 0 fully saturated rings. The summed E-state index contributed by atoms with van der Waals surface area (Å²) in [7, 11) is 3.23. The summed E-state index contributed by atoms with van der Waals surface area (Å²) in [4.78, 5) is 12.3. The van der Waals surface area contributed by atoms with Crippen molar-refractivity contribution in [1.29, 1.82) is 0 Å². The van der Waals surface area contributed by atoms with Crippen molar-refractivity contribution in [2.75, 3.05) is 20.8 Å². The normalized spacial score (nSPS) is 11.6. The largest absolute Gasteiger partial charge is 0.493 e. The van der Waals surface area contributed by atoms with E-state index >= 15 is 0 Å². The Balaban J connectivity index is 1.80. The highest BCUT2D eigenvalue weighted by atomic mass is 35.5. The fourth-order valence-electron chi connectivity index (χ4n) is 2.92. The van der Waals surface area contributed by atoms with Crippen molar-refractivity contribution in [3.63, 3.8) is 0 Å². The number of rotatable bonds is 9. The first-order valence-electron chi connectivity index (χ1n) is 9.27. The number of hydrogen-bond acceptors (Lipinski definition) is 4. The highest BCUT2D eigenvalue weighted by molar-refractivity contribution is 6.32. The molecule has 6 heteroatoms. The molecule has 0 saturated carbocycles. The summed E-state index contributed by atoms with van der Waals surface area (Å²) in [6.45, 7) is 6.14. The predicted molar refractivity (Wildman–Crippen MR) is 112 cm³/mol. The van der Waals surface area contributed by atoms with Gasteiger partial charge in [-0.1, -0.05) is 17.7 Å². The van der Waals surface area contributed by atoms with Gasteiger partial charge in [-0.15, -0.1) is 0 Å². The van der Waals surface area contributed by atoms with Crippen molar-refractivity contribution in [3.05, 3.63) is 52.0 Å². The van der Waals surface area contributed by atoms with Gasteiger partial charge in [-0.2, -0.15) is 0 Å². The standard InChI is InChI=1S/C22H28ClNO4/c1-14-11-18(12-15(2)21(14)23)28-16(3)22(25)24-10-6-7-17-8-9-19(26-4)20(13-17)27-5/h8-9,11-13,16H,6-7,10H2,1-5H3,(H,24,25). The number of ether oxygens (including phenoxy) is 3. The van der Waals surface area contributed by atoms with Gasteiger partial charge in [0.15, 0.2) is 17.6 Å². The second-order valence-electron chi connectivity index (χ2n) is 6.72. The summed E-state index contributed by atoms with van der Waals surface area (Å²) in [6.07, 6.45) is 1.06. The molecule has 28 heavy (non-hydrogen) atoms. The van der Waals surface area contributed by atoms with Gasteiger partial charge in [0, 0.05) is 11.6 Å². The Labute approximate surface area is 171 Å². The van der Waals surface area contributed by atoms with Crippen molar-refractivity contribution in [3.8, 4) is 17.2 Å². The van der Waals surface area contributed by atoms with Crippen LogP contribution in [0.5, 0.6) is 17.2 Å².